The molecule has 100 valence electrons. The van der Waals surface area contributed by atoms with E-state index in [1.54, 1.807) is 0 Å². The number of fused-ring (bicyclic) bond motifs is 1. The summed E-state index contributed by atoms with van der Waals surface area (Å²) in [6, 6.07) is 2.15. The van der Waals surface area contributed by atoms with Crippen molar-refractivity contribution in [1.29, 1.82) is 0 Å². The lowest BCUT2D eigenvalue weighted by Crippen LogP contribution is -2.36. The quantitative estimate of drug-likeness (QED) is 0.939. The molecular weight excluding hydrogens is 280 g/mol. The summed E-state index contributed by atoms with van der Waals surface area (Å²) in [5, 5.41) is 14.1. The number of thiophene rings is 1. The molecule has 0 saturated carbocycles. The summed E-state index contributed by atoms with van der Waals surface area (Å²) in [4.78, 5) is 15.5. The number of rotatable bonds is 3. The zero-order valence-electron chi connectivity index (χ0n) is 10.5. The van der Waals surface area contributed by atoms with Gasteiger partial charge < -0.3 is 0 Å². The monoisotopic (exact) mass is 294 g/mol. The van der Waals surface area contributed by atoms with Gasteiger partial charge in [-0.1, -0.05) is 11.3 Å². The van der Waals surface area contributed by atoms with E-state index < -0.39 is 0 Å². The molecule has 0 atom stereocenters. The Hall–Kier alpha value is -1.31. The smallest absolute Gasteiger partial charge is 0.240 e. The van der Waals surface area contributed by atoms with Gasteiger partial charge in [-0.2, -0.15) is 0 Å². The van der Waals surface area contributed by atoms with Crippen LogP contribution < -0.4 is 5.32 Å². The number of carbonyl (C=O) groups excluding carboxylic acids is 1. The Morgan fingerprint density at radius 3 is 3.21 bits per heavy atom. The van der Waals surface area contributed by atoms with Crippen LogP contribution in [0, 0.1) is 6.92 Å². The summed E-state index contributed by atoms with van der Waals surface area (Å²) in [7, 11) is 0. The Morgan fingerprint density at radius 2 is 2.42 bits per heavy atom. The molecule has 2 aromatic heterocycles. The number of hydrogen-bond donors (Lipinski definition) is 1. The Morgan fingerprint density at radius 1 is 1.53 bits per heavy atom. The lowest BCUT2D eigenvalue weighted by molar-refractivity contribution is -0.117. The summed E-state index contributed by atoms with van der Waals surface area (Å²) in [5.74, 6) is -0.0187. The largest absolute Gasteiger partial charge is 0.299 e. The predicted octanol–water partition coefficient (Wildman–Crippen LogP) is 1.90. The van der Waals surface area contributed by atoms with Gasteiger partial charge in [-0.15, -0.1) is 21.5 Å². The van der Waals surface area contributed by atoms with E-state index in [0.717, 1.165) is 24.5 Å². The van der Waals surface area contributed by atoms with Gasteiger partial charge in [-0.05, 0) is 30.4 Å². The third-order valence-corrected chi connectivity index (χ3v) is 4.80. The van der Waals surface area contributed by atoms with E-state index in [0.29, 0.717) is 11.7 Å². The second-order valence-corrected chi connectivity index (χ2v) is 6.69. The number of aromatic nitrogens is 2. The van der Waals surface area contributed by atoms with Gasteiger partial charge in [0, 0.05) is 18.0 Å². The number of anilines is 1. The van der Waals surface area contributed by atoms with Crippen molar-refractivity contribution in [3.63, 3.8) is 0 Å². The molecule has 0 aromatic carbocycles. The lowest BCUT2D eigenvalue weighted by atomic mass is 10.1. The average Bonchev–Trinajstić information content (AvgIpc) is 2.97. The molecule has 0 aliphatic carbocycles. The van der Waals surface area contributed by atoms with Crippen molar-refractivity contribution in [2.75, 3.05) is 18.4 Å². The Balaban J connectivity index is 1.56. The molecule has 1 aliphatic heterocycles. The first-order chi connectivity index (χ1) is 9.20. The molecule has 3 rings (SSSR count). The van der Waals surface area contributed by atoms with Gasteiger partial charge in [0.2, 0.25) is 11.0 Å². The topological polar surface area (TPSA) is 58.1 Å². The van der Waals surface area contributed by atoms with E-state index in [4.69, 9.17) is 0 Å². The van der Waals surface area contributed by atoms with Crippen LogP contribution in [-0.2, 0) is 17.8 Å². The van der Waals surface area contributed by atoms with E-state index in [1.807, 2.05) is 18.3 Å². The molecule has 0 unspecified atom stereocenters. The second kappa shape index (κ2) is 5.36. The zero-order chi connectivity index (χ0) is 13.2. The molecule has 3 heterocycles. The van der Waals surface area contributed by atoms with Crippen LogP contribution >= 0.6 is 22.7 Å². The molecule has 0 radical (unpaired) electrons. The molecule has 1 aliphatic rings. The van der Waals surface area contributed by atoms with Crippen molar-refractivity contribution in [3.8, 4) is 0 Å². The molecule has 19 heavy (non-hydrogen) atoms. The molecule has 0 fully saturated rings. The van der Waals surface area contributed by atoms with Crippen LogP contribution in [0.2, 0.25) is 0 Å². The van der Waals surface area contributed by atoms with E-state index in [1.165, 1.54) is 21.8 Å². The fourth-order valence-corrected chi connectivity index (χ4v) is 3.65. The molecule has 0 saturated heterocycles. The maximum atomic E-state index is 11.9. The van der Waals surface area contributed by atoms with Crippen molar-refractivity contribution in [3.05, 3.63) is 26.9 Å². The van der Waals surface area contributed by atoms with E-state index in [2.05, 4.69) is 31.9 Å². The summed E-state index contributed by atoms with van der Waals surface area (Å²) >= 11 is 3.20. The van der Waals surface area contributed by atoms with E-state index in [-0.39, 0.29) is 5.91 Å². The van der Waals surface area contributed by atoms with Gasteiger partial charge in [0.1, 0.15) is 5.01 Å². The molecule has 0 spiro atoms. The van der Waals surface area contributed by atoms with Crippen LogP contribution in [0.4, 0.5) is 5.13 Å². The Kier molecular flexibility index (Phi) is 3.58. The van der Waals surface area contributed by atoms with Crippen molar-refractivity contribution >= 4 is 33.7 Å². The summed E-state index contributed by atoms with van der Waals surface area (Å²) in [6.45, 7) is 4.08. The highest BCUT2D eigenvalue weighted by molar-refractivity contribution is 7.15. The van der Waals surface area contributed by atoms with Gasteiger partial charge in [-0.25, -0.2) is 0 Å². The minimum atomic E-state index is -0.0187. The van der Waals surface area contributed by atoms with Gasteiger partial charge in [0.25, 0.3) is 0 Å². The average molecular weight is 294 g/mol. The zero-order valence-corrected chi connectivity index (χ0v) is 12.2. The molecule has 1 N–H and O–H groups in total. The normalized spacial score (nSPS) is 15.2. The van der Waals surface area contributed by atoms with Crippen LogP contribution in [0.1, 0.15) is 15.4 Å². The number of aryl methyl sites for hydroxylation is 1. The number of hydrogen-bond acceptors (Lipinski definition) is 6. The Labute approximate surface area is 119 Å². The van der Waals surface area contributed by atoms with Gasteiger partial charge in [0.05, 0.1) is 6.54 Å². The summed E-state index contributed by atoms with van der Waals surface area (Å²) in [6.07, 6.45) is 1.04. The molecule has 2 aromatic rings. The van der Waals surface area contributed by atoms with Crippen LogP contribution in [0.25, 0.3) is 0 Å². The maximum Gasteiger partial charge on any atom is 0.240 e. The van der Waals surface area contributed by atoms with Gasteiger partial charge in [-0.3, -0.25) is 15.0 Å². The van der Waals surface area contributed by atoms with Gasteiger partial charge in [0.15, 0.2) is 0 Å². The standard InChI is InChI=1S/C12H14N4OS2/c1-8-14-15-12(19-8)13-11(17)7-16-4-2-10-9(6-16)3-5-18-10/h3,5H,2,4,6-7H2,1H3,(H,13,15,17). The number of nitrogens with zero attached hydrogens (tertiary/aromatic N) is 3. The lowest BCUT2D eigenvalue weighted by Gasteiger charge is -2.25. The third-order valence-electron chi connectivity index (χ3n) is 3.03. The number of carbonyl (C=O) groups is 1. The second-order valence-electron chi connectivity index (χ2n) is 4.50. The van der Waals surface area contributed by atoms with Crippen molar-refractivity contribution in [1.82, 2.24) is 15.1 Å². The molecular formula is C12H14N4OS2. The summed E-state index contributed by atoms with van der Waals surface area (Å²) < 4.78 is 0. The molecule has 1 amide bonds. The molecule has 5 nitrogen and oxygen atoms in total. The van der Waals surface area contributed by atoms with Crippen LogP contribution in [0.15, 0.2) is 11.4 Å². The minimum Gasteiger partial charge on any atom is -0.299 e. The third kappa shape index (κ3) is 2.99. The van der Waals surface area contributed by atoms with E-state index in [9.17, 15) is 4.79 Å². The highest BCUT2D eigenvalue weighted by Gasteiger charge is 2.19. The molecule has 0 bridgehead atoms. The van der Waals surface area contributed by atoms with Crippen LogP contribution in [0.5, 0.6) is 0 Å². The SMILES string of the molecule is Cc1nnc(NC(=O)CN2CCc3sccc3C2)s1. The maximum absolute atomic E-state index is 11.9. The highest BCUT2D eigenvalue weighted by atomic mass is 32.1. The van der Waals surface area contributed by atoms with Crippen LogP contribution in [-0.4, -0.2) is 34.1 Å². The Bertz CT molecular complexity index is 592. The minimum absolute atomic E-state index is 0.0187. The fourth-order valence-electron chi connectivity index (χ4n) is 2.15. The van der Waals surface area contributed by atoms with Crippen LogP contribution in [0.3, 0.4) is 0 Å². The highest BCUT2D eigenvalue weighted by Crippen LogP contribution is 2.23. The van der Waals surface area contributed by atoms with Crippen molar-refractivity contribution < 1.29 is 4.79 Å². The van der Waals surface area contributed by atoms with Gasteiger partial charge >= 0.3 is 0 Å². The first-order valence-electron chi connectivity index (χ1n) is 6.08. The van der Waals surface area contributed by atoms with E-state index >= 15 is 0 Å². The van der Waals surface area contributed by atoms with Crippen molar-refractivity contribution in [2.45, 2.75) is 19.9 Å². The fraction of sp³-hybridized carbons (Fsp3) is 0.417. The first-order valence-corrected chi connectivity index (χ1v) is 7.78. The summed E-state index contributed by atoms with van der Waals surface area (Å²) in [5.41, 5.74) is 1.36. The van der Waals surface area contributed by atoms with Crippen molar-refractivity contribution in [2.24, 2.45) is 0 Å². The first kappa shape index (κ1) is 12.7. The number of nitrogens with one attached hydrogen (secondary N) is 1. The predicted molar refractivity (Wildman–Crippen MR) is 76.6 cm³/mol. The molecule has 7 heteroatoms. The number of amides is 1.